The number of nitrogens with zero attached hydrogens (tertiary/aromatic N) is 3. The van der Waals surface area contributed by atoms with E-state index in [1.807, 2.05) is 6.92 Å². The first-order valence-corrected chi connectivity index (χ1v) is 3.67. The molecule has 0 spiro atoms. The van der Waals surface area contributed by atoms with E-state index in [-0.39, 0.29) is 0 Å². The normalized spacial score (nSPS) is 10.5. The summed E-state index contributed by atoms with van der Waals surface area (Å²) < 4.78 is 3.96. The van der Waals surface area contributed by atoms with E-state index >= 15 is 0 Å². The minimum Gasteiger partial charge on any atom is -0.247 e. The molecule has 0 aliphatic carbocycles. The second-order valence-electron chi connectivity index (χ2n) is 2.03. The maximum Gasteiger partial charge on any atom is 0.161 e. The van der Waals surface area contributed by atoms with E-state index in [0.717, 1.165) is 16.0 Å². The van der Waals surface area contributed by atoms with Crippen LogP contribution in [-0.4, -0.2) is 14.3 Å². The third-order valence-corrected chi connectivity index (χ3v) is 1.90. The van der Waals surface area contributed by atoms with Gasteiger partial charge in [-0.05, 0) is 18.5 Å². The summed E-state index contributed by atoms with van der Waals surface area (Å²) in [5, 5.41) is 0. The fourth-order valence-corrected chi connectivity index (χ4v) is 1.31. The summed E-state index contributed by atoms with van der Waals surface area (Å²) in [6.07, 6.45) is 3.49. The summed E-state index contributed by atoms with van der Waals surface area (Å²) in [6.45, 7) is 1.92. The molecule has 2 heterocycles. The van der Waals surface area contributed by atoms with Crippen LogP contribution in [0.3, 0.4) is 0 Å². The molecule has 50 valence electrons. The fourth-order valence-electron chi connectivity index (χ4n) is 0.765. The highest BCUT2D eigenvalue weighted by Crippen LogP contribution is 2.11. The number of hydrogen-bond donors (Lipinski definition) is 0. The van der Waals surface area contributed by atoms with Gasteiger partial charge in [-0.2, -0.15) is 4.37 Å². The fraction of sp³-hybridized carbons (Fsp3) is 0.167. The molecule has 3 nitrogen and oxygen atoms in total. The van der Waals surface area contributed by atoms with Crippen LogP contribution < -0.4 is 0 Å². The van der Waals surface area contributed by atoms with Crippen LogP contribution in [0.5, 0.6) is 0 Å². The first-order valence-electron chi connectivity index (χ1n) is 2.90. The Bertz CT molecular complexity index is 355. The molecule has 0 atom stereocenters. The molecular formula is C6H5N3S. The Kier molecular flexibility index (Phi) is 1.14. The Morgan fingerprint density at radius 1 is 1.40 bits per heavy atom. The molecule has 0 fully saturated rings. The smallest absolute Gasteiger partial charge is 0.161 e. The molecule has 0 bridgehead atoms. The standard InChI is InChI=1S/C6H5N3S/c1-4-2-7-6-5(9-4)3-8-10-6/h2-3H,1H3. The van der Waals surface area contributed by atoms with Crippen LogP contribution in [0.2, 0.25) is 0 Å². The third-order valence-electron chi connectivity index (χ3n) is 1.20. The summed E-state index contributed by atoms with van der Waals surface area (Å²) in [7, 11) is 0. The molecule has 2 rings (SSSR count). The van der Waals surface area contributed by atoms with Gasteiger partial charge in [-0.25, -0.2) is 9.97 Å². The topological polar surface area (TPSA) is 38.7 Å². The predicted molar refractivity (Wildman–Crippen MR) is 39.9 cm³/mol. The summed E-state index contributed by atoms with van der Waals surface area (Å²) >= 11 is 1.37. The van der Waals surface area contributed by atoms with E-state index in [1.165, 1.54) is 11.5 Å². The van der Waals surface area contributed by atoms with Gasteiger partial charge >= 0.3 is 0 Å². The second kappa shape index (κ2) is 1.98. The number of hydrogen-bond acceptors (Lipinski definition) is 4. The molecule has 2 aromatic rings. The zero-order valence-corrected chi connectivity index (χ0v) is 6.22. The minimum absolute atomic E-state index is 0.894. The molecule has 0 aliphatic rings. The van der Waals surface area contributed by atoms with Crippen molar-refractivity contribution in [1.29, 1.82) is 0 Å². The first-order chi connectivity index (χ1) is 4.86. The van der Waals surface area contributed by atoms with Gasteiger partial charge in [0.15, 0.2) is 4.83 Å². The summed E-state index contributed by atoms with van der Waals surface area (Å²) in [4.78, 5) is 9.26. The van der Waals surface area contributed by atoms with Gasteiger partial charge in [0.25, 0.3) is 0 Å². The molecule has 0 N–H and O–H groups in total. The van der Waals surface area contributed by atoms with E-state index in [2.05, 4.69) is 14.3 Å². The van der Waals surface area contributed by atoms with Gasteiger partial charge in [-0.15, -0.1) is 0 Å². The van der Waals surface area contributed by atoms with Gasteiger partial charge in [0.05, 0.1) is 11.9 Å². The van der Waals surface area contributed by atoms with Crippen molar-refractivity contribution in [2.45, 2.75) is 6.92 Å². The van der Waals surface area contributed by atoms with Crippen LogP contribution in [0.1, 0.15) is 5.69 Å². The minimum atomic E-state index is 0.894. The van der Waals surface area contributed by atoms with Gasteiger partial charge in [0.1, 0.15) is 5.52 Å². The molecule has 0 saturated heterocycles. The molecule has 0 unspecified atom stereocenters. The van der Waals surface area contributed by atoms with Crippen molar-refractivity contribution in [3.63, 3.8) is 0 Å². The lowest BCUT2D eigenvalue weighted by molar-refractivity contribution is 1.19. The molecule has 0 aromatic carbocycles. The molecular weight excluding hydrogens is 146 g/mol. The van der Waals surface area contributed by atoms with Crippen LogP contribution in [0.4, 0.5) is 0 Å². The molecule has 2 aromatic heterocycles. The van der Waals surface area contributed by atoms with Gasteiger partial charge < -0.3 is 0 Å². The Morgan fingerprint density at radius 3 is 3.20 bits per heavy atom. The number of aromatic nitrogens is 3. The maximum absolute atomic E-state index is 4.22. The Morgan fingerprint density at radius 2 is 2.30 bits per heavy atom. The molecule has 0 saturated carbocycles. The summed E-state index contributed by atoms with van der Waals surface area (Å²) in [5.74, 6) is 0. The van der Waals surface area contributed by atoms with Crippen molar-refractivity contribution in [1.82, 2.24) is 14.3 Å². The largest absolute Gasteiger partial charge is 0.247 e. The van der Waals surface area contributed by atoms with Crippen LogP contribution in [0.25, 0.3) is 10.3 Å². The predicted octanol–water partition coefficient (Wildman–Crippen LogP) is 1.39. The maximum atomic E-state index is 4.22. The van der Waals surface area contributed by atoms with Crippen LogP contribution in [0.15, 0.2) is 12.4 Å². The Balaban J connectivity index is 2.86. The number of aryl methyl sites for hydroxylation is 1. The van der Waals surface area contributed by atoms with Crippen molar-refractivity contribution in [3.05, 3.63) is 18.1 Å². The lowest BCUT2D eigenvalue weighted by Gasteiger charge is -1.87. The molecule has 10 heavy (non-hydrogen) atoms. The van der Waals surface area contributed by atoms with E-state index in [9.17, 15) is 0 Å². The second-order valence-corrected chi connectivity index (χ2v) is 2.81. The van der Waals surface area contributed by atoms with Crippen molar-refractivity contribution in [3.8, 4) is 0 Å². The van der Waals surface area contributed by atoms with Crippen molar-refractivity contribution in [2.24, 2.45) is 0 Å². The molecule has 0 amide bonds. The van der Waals surface area contributed by atoms with Crippen molar-refractivity contribution < 1.29 is 0 Å². The van der Waals surface area contributed by atoms with Crippen LogP contribution >= 0.6 is 11.5 Å². The summed E-state index contributed by atoms with van der Waals surface area (Å²) in [5.41, 5.74) is 1.83. The molecule has 0 radical (unpaired) electrons. The Labute approximate surface area is 61.9 Å². The van der Waals surface area contributed by atoms with Crippen molar-refractivity contribution >= 4 is 21.9 Å². The molecule has 4 heteroatoms. The highest BCUT2D eigenvalue weighted by molar-refractivity contribution is 7.12. The van der Waals surface area contributed by atoms with Gasteiger partial charge in [0, 0.05) is 6.20 Å². The van der Waals surface area contributed by atoms with Crippen LogP contribution in [0, 0.1) is 6.92 Å². The van der Waals surface area contributed by atoms with Crippen molar-refractivity contribution in [2.75, 3.05) is 0 Å². The van der Waals surface area contributed by atoms with E-state index in [1.54, 1.807) is 12.4 Å². The average Bonchev–Trinajstić information content (AvgIpc) is 2.33. The Hall–Kier alpha value is -1.03. The zero-order chi connectivity index (χ0) is 6.97. The first kappa shape index (κ1) is 5.73. The highest BCUT2D eigenvalue weighted by Gasteiger charge is 1.96. The number of fused-ring (bicyclic) bond motifs is 1. The highest BCUT2D eigenvalue weighted by atomic mass is 32.1. The monoisotopic (exact) mass is 151 g/mol. The van der Waals surface area contributed by atoms with E-state index in [4.69, 9.17) is 0 Å². The van der Waals surface area contributed by atoms with Crippen LogP contribution in [-0.2, 0) is 0 Å². The van der Waals surface area contributed by atoms with E-state index < -0.39 is 0 Å². The molecule has 0 aliphatic heterocycles. The quantitative estimate of drug-likeness (QED) is 0.571. The number of rotatable bonds is 0. The van der Waals surface area contributed by atoms with Gasteiger partial charge in [-0.3, -0.25) is 0 Å². The SMILES string of the molecule is Cc1cnc2sncc2n1. The van der Waals surface area contributed by atoms with E-state index in [0.29, 0.717) is 0 Å². The van der Waals surface area contributed by atoms with Gasteiger partial charge in [-0.1, -0.05) is 0 Å². The lowest BCUT2D eigenvalue weighted by atomic mass is 10.5. The average molecular weight is 151 g/mol. The third kappa shape index (κ3) is 0.769. The summed E-state index contributed by atoms with van der Waals surface area (Å²) in [6, 6.07) is 0. The lowest BCUT2D eigenvalue weighted by Crippen LogP contribution is -1.81. The zero-order valence-electron chi connectivity index (χ0n) is 5.40. The van der Waals surface area contributed by atoms with Gasteiger partial charge in [0.2, 0.25) is 0 Å².